The van der Waals surface area contributed by atoms with E-state index >= 15 is 0 Å². The minimum atomic E-state index is -4.38. The highest BCUT2D eigenvalue weighted by Crippen LogP contribution is 2.41. The van der Waals surface area contributed by atoms with Crippen molar-refractivity contribution in [3.05, 3.63) is 29.3 Å². The Morgan fingerprint density at radius 2 is 2.15 bits per heavy atom. The van der Waals surface area contributed by atoms with Gasteiger partial charge in [0.05, 0.1) is 12.7 Å². The number of carbonyl (C=O) groups is 1. The fraction of sp³-hybridized carbons (Fsp3) is 0.500. The van der Waals surface area contributed by atoms with Crippen LogP contribution in [-0.4, -0.2) is 18.6 Å². The molecule has 110 valence electrons. The minimum Gasteiger partial charge on any atom is -0.467 e. The van der Waals surface area contributed by atoms with Crippen LogP contribution in [0.4, 0.5) is 18.9 Å². The Labute approximate surface area is 115 Å². The molecule has 1 aromatic rings. The zero-order valence-corrected chi connectivity index (χ0v) is 11.3. The summed E-state index contributed by atoms with van der Waals surface area (Å²) in [7, 11) is 1.28. The summed E-state index contributed by atoms with van der Waals surface area (Å²) >= 11 is 0. The number of alkyl halides is 3. The summed E-state index contributed by atoms with van der Waals surface area (Å²) in [4.78, 5) is 11.9. The molecule has 1 heterocycles. The molecule has 1 aromatic carbocycles. The van der Waals surface area contributed by atoms with E-state index in [2.05, 4.69) is 5.32 Å². The third-order valence-corrected chi connectivity index (χ3v) is 3.84. The average Bonchev–Trinajstić information content (AvgIpc) is 2.44. The number of hydrogen-bond donors (Lipinski definition) is 1. The van der Waals surface area contributed by atoms with Crippen LogP contribution in [0.25, 0.3) is 0 Å². The third kappa shape index (κ3) is 2.34. The Hall–Kier alpha value is -1.72. The summed E-state index contributed by atoms with van der Waals surface area (Å²) in [6.45, 7) is 1.81. The molecule has 0 saturated heterocycles. The van der Waals surface area contributed by atoms with Crippen molar-refractivity contribution in [2.75, 3.05) is 12.4 Å². The van der Waals surface area contributed by atoms with E-state index in [9.17, 15) is 18.0 Å². The van der Waals surface area contributed by atoms with Crippen LogP contribution < -0.4 is 5.32 Å². The molecular weight excluding hydrogens is 271 g/mol. The lowest BCUT2D eigenvalue weighted by atomic mass is 9.82. The second-order valence-corrected chi connectivity index (χ2v) is 4.88. The molecule has 0 aromatic heterocycles. The number of halogens is 3. The van der Waals surface area contributed by atoms with Gasteiger partial charge in [-0.3, -0.25) is 0 Å². The molecule has 0 fully saturated rings. The van der Waals surface area contributed by atoms with Crippen LogP contribution in [0.5, 0.6) is 0 Å². The second kappa shape index (κ2) is 5.00. The lowest BCUT2D eigenvalue weighted by molar-refractivity contribution is -0.146. The van der Waals surface area contributed by atoms with Crippen LogP contribution in [0.2, 0.25) is 0 Å². The van der Waals surface area contributed by atoms with Gasteiger partial charge in [-0.25, -0.2) is 4.79 Å². The highest BCUT2D eigenvalue weighted by molar-refractivity contribution is 5.86. The largest absolute Gasteiger partial charge is 0.467 e. The number of esters is 1. The van der Waals surface area contributed by atoms with Gasteiger partial charge in [-0.2, -0.15) is 13.2 Å². The molecule has 0 aliphatic carbocycles. The maximum Gasteiger partial charge on any atom is 0.416 e. The van der Waals surface area contributed by atoms with E-state index in [0.717, 1.165) is 6.07 Å². The molecule has 1 atom stereocenters. The quantitative estimate of drug-likeness (QED) is 0.847. The normalized spacial score (nSPS) is 21.9. The fourth-order valence-corrected chi connectivity index (χ4v) is 2.66. The van der Waals surface area contributed by atoms with Crippen molar-refractivity contribution in [3.8, 4) is 0 Å². The van der Waals surface area contributed by atoms with Gasteiger partial charge in [0, 0.05) is 5.69 Å². The molecule has 3 nitrogen and oxygen atoms in total. The van der Waals surface area contributed by atoms with Crippen LogP contribution in [0.1, 0.15) is 30.9 Å². The van der Waals surface area contributed by atoms with Gasteiger partial charge < -0.3 is 10.1 Å². The number of rotatable bonds is 2. The summed E-state index contributed by atoms with van der Waals surface area (Å²) in [5.41, 5.74) is -1.00. The molecule has 0 saturated carbocycles. The Balaban J connectivity index is 2.44. The minimum absolute atomic E-state index is 0.195. The predicted octanol–water partition coefficient (Wildman–Crippen LogP) is 3.39. The molecule has 1 aliphatic heterocycles. The van der Waals surface area contributed by atoms with Gasteiger partial charge in [0.25, 0.3) is 0 Å². The van der Waals surface area contributed by atoms with Crippen LogP contribution in [0, 0.1) is 0 Å². The molecule has 0 amide bonds. The molecule has 0 spiro atoms. The molecule has 20 heavy (non-hydrogen) atoms. The van der Waals surface area contributed by atoms with E-state index in [4.69, 9.17) is 4.74 Å². The lowest BCUT2D eigenvalue weighted by Crippen LogP contribution is -2.49. The van der Waals surface area contributed by atoms with Gasteiger partial charge in [-0.1, -0.05) is 13.0 Å². The SMILES string of the molecule is CCC1(C(=O)OC)CCc2c(cccc2C(F)(F)F)N1. The van der Waals surface area contributed by atoms with Crippen LogP contribution in [0.15, 0.2) is 18.2 Å². The van der Waals surface area contributed by atoms with Crippen LogP contribution >= 0.6 is 0 Å². The number of fused-ring (bicyclic) bond motifs is 1. The van der Waals surface area contributed by atoms with Gasteiger partial charge in [0.2, 0.25) is 0 Å². The molecular formula is C14H16F3NO2. The van der Waals surface area contributed by atoms with E-state index < -0.39 is 23.2 Å². The number of ether oxygens (including phenoxy) is 1. The highest BCUT2D eigenvalue weighted by atomic mass is 19.4. The lowest BCUT2D eigenvalue weighted by Gasteiger charge is -2.37. The van der Waals surface area contributed by atoms with Crippen molar-refractivity contribution < 1.29 is 22.7 Å². The highest BCUT2D eigenvalue weighted by Gasteiger charge is 2.43. The standard InChI is InChI=1S/C14H16F3NO2/c1-3-13(12(19)20-2)8-7-9-10(14(15,16)17)5-4-6-11(9)18-13/h4-6,18H,3,7-8H2,1-2H3. The Kier molecular flexibility index (Phi) is 3.67. The maximum atomic E-state index is 13.0. The Morgan fingerprint density at radius 3 is 2.70 bits per heavy atom. The molecule has 1 aliphatic rings. The maximum absolute atomic E-state index is 13.0. The first kappa shape index (κ1) is 14.7. The predicted molar refractivity (Wildman–Crippen MR) is 68.4 cm³/mol. The van der Waals surface area contributed by atoms with Crippen molar-refractivity contribution >= 4 is 11.7 Å². The zero-order chi connectivity index (χ0) is 15.0. The summed E-state index contributed by atoms with van der Waals surface area (Å²) in [5.74, 6) is -0.442. The average molecular weight is 287 g/mol. The molecule has 0 radical (unpaired) electrons. The number of carbonyl (C=O) groups excluding carboxylic acids is 1. The Morgan fingerprint density at radius 1 is 1.45 bits per heavy atom. The van der Waals surface area contributed by atoms with Gasteiger partial charge in [-0.05, 0) is 37.0 Å². The molecule has 1 unspecified atom stereocenters. The smallest absolute Gasteiger partial charge is 0.416 e. The van der Waals surface area contributed by atoms with Gasteiger partial charge in [0.1, 0.15) is 5.54 Å². The summed E-state index contributed by atoms with van der Waals surface area (Å²) in [6.07, 6.45) is -3.45. The molecule has 2 rings (SSSR count). The molecule has 6 heteroatoms. The summed E-state index contributed by atoms with van der Waals surface area (Å²) in [6, 6.07) is 3.98. The van der Waals surface area contributed by atoms with Crippen molar-refractivity contribution in [1.82, 2.24) is 0 Å². The van der Waals surface area contributed by atoms with Crippen molar-refractivity contribution in [2.45, 2.75) is 37.9 Å². The van der Waals surface area contributed by atoms with Gasteiger partial charge >= 0.3 is 12.1 Å². The summed E-state index contributed by atoms with van der Waals surface area (Å²) in [5, 5.41) is 2.95. The first-order chi connectivity index (χ1) is 9.34. The van der Waals surface area contributed by atoms with Crippen LogP contribution in [0.3, 0.4) is 0 Å². The number of anilines is 1. The molecule has 0 bridgehead atoms. The van der Waals surface area contributed by atoms with E-state index in [-0.39, 0.29) is 18.4 Å². The van der Waals surface area contributed by atoms with E-state index in [1.165, 1.54) is 13.2 Å². The molecule has 1 N–H and O–H groups in total. The van der Waals surface area contributed by atoms with E-state index in [1.807, 2.05) is 6.92 Å². The third-order valence-electron chi connectivity index (χ3n) is 3.84. The first-order valence-corrected chi connectivity index (χ1v) is 6.40. The number of nitrogens with one attached hydrogen (secondary N) is 1. The number of benzene rings is 1. The van der Waals surface area contributed by atoms with E-state index in [1.54, 1.807) is 6.07 Å². The topological polar surface area (TPSA) is 38.3 Å². The second-order valence-electron chi connectivity index (χ2n) is 4.88. The summed E-state index contributed by atoms with van der Waals surface area (Å²) < 4.78 is 43.6. The fourth-order valence-electron chi connectivity index (χ4n) is 2.66. The monoisotopic (exact) mass is 287 g/mol. The first-order valence-electron chi connectivity index (χ1n) is 6.40. The van der Waals surface area contributed by atoms with Crippen molar-refractivity contribution in [3.63, 3.8) is 0 Å². The van der Waals surface area contributed by atoms with Gasteiger partial charge in [-0.15, -0.1) is 0 Å². The van der Waals surface area contributed by atoms with Crippen LogP contribution in [-0.2, 0) is 22.1 Å². The number of hydrogen-bond acceptors (Lipinski definition) is 3. The van der Waals surface area contributed by atoms with Crippen molar-refractivity contribution in [2.24, 2.45) is 0 Å². The van der Waals surface area contributed by atoms with Crippen molar-refractivity contribution in [1.29, 1.82) is 0 Å². The van der Waals surface area contributed by atoms with E-state index in [0.29, 0.717) is 12.1 Å². The zero-order valence-electron chi connectivity index (χ0n) is 11.3. The Bertz CT molecular complexity index is 528. The van der Waals surface area contributed by atoms with Gasteiger partial charge in [0.15, 0.2) is 0 Å². The number of methoxy groups -OCH3 is 1.